The lowest BCUT2D eigenvalue weighted by atomic mass is 9.99. The van der Waals surface area contributed by atoms with Crippen LogP contribution in [0.3, 0.4) is 0 Å². The molecule has 0 spiro atoms. The van der Waals surface area contributed by atoms with Crippen molar-refractivity contribution in [2.45, 2.75) is 25.8 Å². The molecule has 0 unspecified atom stereocenters. The van der Waals surface area contributed by atoms with Crippen LogP contribution in [0, 0.1) is 6.92 Å². The third-order valence-corrected chi connectivity index (χ3v) is 3.33. The SMILES string of the molecule is Cc1ccc(Cc2ccc([C@@H](N)CC(=O)O)cc2)cc1. The van der Waals surface area contributed by atoms with E-state index in [-0.39, 0.29) is 6.42 Å². The molecule has 3 N–H and O–H groups in total. The maximum absolute atomic E-state index is 10.6. The molecule has 0 radical (unpaired) electrons. The normalized spacial score (nSPS) is 12.1. The average molecular weight is 269 g/mol. The van der Waals surface area contributed by atoms with E-state index in [0.29, 0.717) is 0 Å². The molecular formula is C17H19NO2. The Kier molecular flexibility index (Phi) is 4.53. The van der Waals surface area contributed by atoms with Crippen LogP contribution in [0.15, 0.2) is 48.5 Å². The number of carbonyl (C=O) groups is 1. The predicted molar refractivity (Wildman–Crippen MR) is 79.6 cm³/mol. The van der Waals surface area contributed by atoms with Crippen LogP contribution >= 0.6 is 0 Å². The standard InChI is InChI=1S/C17H19NO2/c1-12-2-4-13(5-3-12)10-14-6-8-15(9-7-14)16(18)11-17(19)20/h2-9,16H,10-11,18H2,1H3,(H,19,20)/t16-/m0/s1. The molecule has 0 aliphatic carbocycles. The fraction of sp³-hybridized carbons (Fsp3) is 0.235. The first kappa shape index (κ1) is 14.3. The van der Waals surface area contributed by atoms with Crippen LogP contribution in [0.4, 0.5) is 0 Å². The summed E-state index contributed by atoms with van der Waals surface area (Å²) in [6, 6.07) is 15.9. The van der Waals surface area contributed by atoms with Crippen molar-refractivity contribution in [2.75, 3.05) is 0 Å². The van der Waals surface area contributed by atoms with E-state index >= 15 is 0 Å². The Hall–Kier alpha value is -2.13. The minimum Gasteiger partial charge on any atom is -0.481 e. The molecule has 0 heterocycles. The van der Waals surface area contributed by atoms with Crippen molar-refractivity contribution < 1.29 is 9.90 Å². The molecule has 104 valence electrons. The third-order valence-electron chi connectivity index (χ3n) is 3.33. The highest BCUT2D eigenvalue weighted by molar-refractivity contribution is 5.67. The van der Waals surface area contributed by atoms with Gasteiger partial charge in [-0.05, 0) is 30.0 Å². The van der Waals surface area contributed by atoms with Gasteiger partial charge in [0.25, 0.3) is 0 Å². The average Bonchev–Trinajstić information content (AvgIpc) is 2.41. The number of aryl methyl sites for hydroxylation is 1. The van der Waals surface area contributed by atoms with Gasteiger partial charge < -0.3 is 10.8 Å². The zero-order chi connectivity index (χ0) is 14.5. The van der Waals surface area contributed by atoms with Gasteiger partial charge in [0.2, 0.25) is 0 Å². The quantitative estimate of drug-likeness (QED) is 0.876. The summed E-state index contributed by atoms with van der Waals surface area (Å²) in [5.41, 5.74) is 10.4. The van der Waals surface area contributed by atoms with Crippen LogP contribution in [0.5, 0.6) is 0 Å². The summed E-state index contributed by atoms with van der Waals surface area (Å²) >= 11 is 0. The van der Waals surface area contributed by atoms with Gasteiger partial charge in [-0.25, -0.2) is 0 Å². The summed E-state index contributed by atoms with van der Waals surface area (Å²) in [6.45, 7) is 2.07. The maximum atomic E-state index is 10.6. The number of hydrogen-bond donors (Lipinski definition) is 2. The molecule has 2 aromatic carbocycles. The number of nitrogens with two attached hydrogens (primary N) is 1. The van der Waals surface area contributed by atoms with Crippen molar-refractivity contribution >= 4 is 5.97 Å². The zero-order valence-electron chi connectivity index (χ0n) is 11.5. The molecule has 1 atom stereocenters. The molecule has 0 aromatic heterocycles. The third kappa shape index (κ3) is 3.93. The monoisotopic (exact) mass is 269 g/mol. The van der Waals surface area contributed by atoms with Gasteiger partial charge >= 0.3 is 5.97 Å². The van der Waals surface area contributed by atoms with Crippen molar-refractivity contribution in [3.63, 3.8) is 0 Å². The predicted octanol–water partition coefficient (Wildman–Crippen LogP) is 3.06. The minimum absolute atomic E-state index is 0.0443. The largest absolute Gasteiger partial charge is 0.481 e. The van der Waals surface area contributed by atoms with Crippen molar-refractivity contribution in [2.24, 2.45) is 5.73 Å². The number of rotatable bonds is 5. The van der Waals surface area contributed by atoms with Gasteiger partial charge in [-0.3, -0.25) is 4.79 Å². The fourth-order valence-corrected chi connectivity index (χ4v) is 2.13. The van der Waals surface area contributed by atoms with Crippen molar-refractivity contribution in [1.82, 2.24) is 0 Å². The van der Waals surface area contributed by atoms with Crippen LogP contribution in [0.1, 0.15) is 34.7 Å². The van der Waals surface area contributed by atoms with E-state index in [2.05, 4.69) is 31.2 Å². The molecule has 0 fully saturated rings. The molecule has 0 amide bonds. The van der Waals surface area contributed by atoms with Crippen LogP contribution in [0.25, 0.3) is 0 Å². The van der Waals surface area contributed by atoms with Crippen molar-refractivity contribution in [1.29, 1.82) is 0 Å². The molecule has 3 heteroatoms. The van der Waals surface area contributed by atoms with E-state index in [0.717, 1.165) is 12.0 Å². The van der Waals surface area contributed by atoms with E-state index in [1.165, 1.54) is 16.7 Å². The van der Waals surface area contributed by atoms with Crippen LogP contribution in [-0.4, -0.2) is 11.1 Å². The summed E-state index contributed by atoms with van der Waals surface area (Å²) in [4.78, 5) is 10.6. The summed E-state index contributed by atoms with van der Waals surface area (Å²) in [5.74, 6) is -0.874. The summed E-state index contributed by atoms with van der Waals surface area (Å²) < 4.78 is 0. The molecular weight excluding hydrogens is 250 g/mol. The van der Waals surface area contributed by atoms with E-state index in [9.17, 15) is 4.79 Å². The van der Waals surface area contributed by atoms with E-state index in [4.69, 9.17) is 10.8 Å². The van der Waals surface area contributed by atoms with E-state index in [1.807, 2.05) is 24.3 Å². The minimum atomic E-state index is -0.874. The zero-order valence-corrected chi connectivity index (χ0v) is 11.5. The van der Waals surface area contributed by atoms with Crippen LogP contribution in [0.2, 0.25) is 0 Å². The molecule has 0 bridgehead atoms. The highest BCUT2D eigenvalue weighted by atomic mass is 16.4. The Balaban J connectivity index is 2.04. The lowest BCUT2D eigenvalue weighted by molar-refractivity contribution is -0.137. The van der Waals surface area contributed by atoms with Gasteiger partial charge in [0, 0.05) is 6.04 Å². The molecule has 20 heavy (non-hydrogen) atoms. The summed E-state index contributed by atoms with van der Waals surface area (Å²) in [5, 5.41) is 8.74. The Morgan fingerprint density at radius 1 is 1.05 bits per heavy atom. The van der Waals surface area contributed by atoms with E-state index < -0.39 is 12.0 Å². The maximum Gasteiger partial charge on any atom is 0.305 e. The van der Waals surface area contributed by atoms with Gasteiger partial charge in [-0.15, -0.1) is 0 Å². The number of carboxylic acid groups (broad SMARTS) is 1. The molecule has 0 saturated carbocycles. The highest BCUT2D eigenvalue weighted by Crippen LogP contribution is 2.17. The Labute approximate surface area is 119 Å². The lowest BCUT2D eigenvalue weighted by Crippen LogP contribution is -2.14. The first-order valence-corrected chi connectivity index (χ1v) is 6.66. The smallest absolute Gasteiger partial charge is 0.305 e. The molecule has 0 aliphatic heterocycles. The second-order valence-electron chi connectivity index (χ2n) is 5.11. The Morgan fingerprint density at radius 2 is 1.55 bits per heavy atom. The molecule has 2 aromatic rings. The van der Waals surface area contributed by atoms with E-state index in [1.54, 1.807) is 0 Å². The molecule has 0 saturated heterocycles. The summed E-state index contributed by atoms with van der Waals surface area (Å²) in [7, 11) is 0. The number of carboxylic acids is 1. The topological polar surface area (TPSA) is 63.3 Å². The summed E-state index contributed by atoms with van der Waals surface area (Å²) in [6.07, 6.45) is 0.825. The number of hydrogen-bond acceptors (Lipinski definition) is 2. The van der Waals surface area contributed by atoms with Gasteiger partial charge in [0.1, 0.15) is 0 Å². The second-order valence-corrected chi connectivity index (χ2v) is 5.11. The number of benzene rings is 2. The van der Waals surface area contributed by atoms with Gasteiger partial charge in [-0.1, -0.05) is 54.1 Å². The van der Waals surface area contributed by atoms with Crippen LogP contribution < -0.4 is 5.73 Å². The van der Waals surface area contributed by atoms with Crippen LogP contribution in [-0.2, 0) is 11.2 Å². The molecule has 2 rings (SSSR count). The van der Waals surface area contributed by atoms with Gasteiger partial charge in [0.05, 0.1) is 6.42 Å². The molecule has 0 aliphatic rings. The second kappa shape index (κ2) is 6.35. The first-order valence-electron chi connectivity index (χ1n) is 6.66. The Bertz CT molecular complexity index is 573. The highest BCUT2D eigenvalue weighted by Gasteiger charge is 2.10. The first-order chi connectivity index (χ1) is 9.54. The molecule has 3 nitrogen and oxygen atoms in total. The lowest BCUT2D eigenvalue weighted by Gasteiger charge is -2.10. The van der Waals surface area contributed by atoms with Crippen molar-refractivity contribution in [3.05, 3.63) is 70.8 Å². The van der Waals surface area contributed by atoms with Gasteiger partial charge in [-0.2, -0.15) is 0 Å². The fourth-order valence-electron chi connectivity index (χ4n) is 2.13. The van der Waals surface area contributed by atoms with Crippen molar-refractivity contribution in [3.8, 4) is 0 Å². The van der Waals surface area contributed by atoms with Gasteiger partial charge in [0.15, 0.2) is 0 Å². The number of aliphatic carboxylic acids is 1. The Morgan fingerprint density at radius 3 is 2.05 bits per heavy atom.